The molecule has 5 heteroatoms. The number of ether oxygens (including phenoxy) is 1. The summed E-state index contributed by atoms with van der Waals surface area (Å²) >= 11 is 0. The lowest BCUT2D eigenvalue weighted by Crippen LogP contribution is -2.15. The number of hydrogen-bond acceptors (Lipinski definition) is 3. The molecule has 0 unspecified atom stereocenters. The van der Waals surface area contributed by atoms with E-state index in [9.17, 15) is 4.79 Å². The van der Waals surface area contributed by atoms with Crippen LogP contribution in [0.4, 0.5) is 5.82 Å². The van der Waals surface area contributed by atoms with E-state index < -0.39 is 0 Å². The molecule has 0 fully saturated rings. The van der Waals surface area contributed by atoms with Crippen molar-refractivity contribution in [3.05, 3.63) is 41.1 Å². The predicted octanol–water partition coefficient (Wildman–Crippen LogP) is 2.22. The average Bonchev–Trinajstić information content (AvgIpc) is 2.71. The molecule has 0 aliphatic rings. The van der Waals surface area contributed by atoms with Crippen LogP contribution in [-0.2, 0) is 11.2 Å². The van der Waals surface area contributed by atoms with E-state index in [0.717, 1.165) is 22.6 Å². The van der Waals surface area contributed by atoms with Crippen molar-refractivity contribution in [3.8, 4) is 5.75 Å². The van der Waals surface area contributed by atoms with Gasteiger partial charge in [0.2, 0.25) is 5.91 Å². The third kappa shape index (κ3) is 3.13. The molecular formula is C14H17N3O2. The molecule has 0 spiro atoms. The van der Waals surface area contributed by atoms with E-state index in [4.69, 9.17) is 4.74 Å². The molecule has 1 heterocycles. The van der Waals surface area contributed by atoms with Crippen LogP contribution in [0.1, 0.15) is 16.8 Å². The van der Waals surface area contributed by atoms with E-state index >= 15 is 0 Å². The smallest absolute Gasteiger partial charge is 0.230 e. The Labute approximate surface area is 112 Å². The number of rotatable bonds is 4. The second-order valence-corrected chi connectivity index (χ2v) is 4.40. The zero-order chi connectivity index (χ0) is 13.8. The molecule has 0 bridgehead atoms. The summed E-state index contributed by atoms with van der Waals surface area (Å²) in [5.41, 5.74) is 2.82. The van der Waals surface area contributed by atoms with Crippen LogP contribution in [0.25, 0.3) is 0 Å². The number of methoxy groups -OCH3 is 1. The number of amides is 1. The van der Waals surface area contributed by atoms with Gasteiger partial charge in [-0.3, -0.25) is 9.89 Å². The third-order valence-electron chi connectivity index (χ3n) is 3.01. The second-order valence-electron chi connectivity index (χ2n) is 4.40. The Kier molecular flexibility index (Phi) is 3.85. The van der Waals surface area contributed by atoms with Gasteiger partial charge in [0.15, 0.2) is 5.82 Å². The fourth-order valence-electron chi connectivity index (χ4n) is 1.75. The van der Waals surface area contributed by atoms with Crippen LogP contribution in [-0.4, -0.2) is 23.2 Å². The first-order chi connectivity index (χ1) is 9.10. The summed E-state index contributed by atoms with van der Waals surface area (Å²) in [5.74, 6) is 1.24. The van der Waals surface area contributed by atoms with E-state index in [1.807, 2.05) is 38.1 Å². The van der Waals surface area contributed by atoms with Gasteiger partial charge in [0.25, 0.3) is 0 Å². The first-order valence-electron chi connectivity index (χ1n) is 6.04. The number of aromatic nitrogens is 2. The maximum atomic E-state index is 11.9. The molecule has 0 aliphatic heterocycles. The molecule has 1 aromatic heterocycles. The lowest BCUT2D eigenvalue weighted by atomic mass is 10.1. The minimum Gasteiger partial charge on any atom is -0.497 e. The summed E-state index contributed by atoms with van der Waals surface area (Å²) < 4.78 is 5.13. The number of aryl methyl sites for hydroxylation is 1. The quantitative estimate of drug-likeness (QED) is 0.884. The zero-order valence-corrected chi connectivity index (χ0v) is 11.3. The first kappa shape index (κ1) is 13.1. The lowest BCUT2D eigenvalue weighted by molar-refractivity contribution is -0.115. The van der Waals surface area contributed by atoms with Crippen LogP contribution in [0.15, 0.2) is 24.3 Å². The SMILES string of the molecule is COc1cccc(CC(=O)Nc2n[nH]c(C)c2C)c1. The molecule has 5 nitrogen and oxygen atoms in total. The highest BCUT2D eigenvalue weighted by Gasteiger charge is 2.10. The molecule has 0 aliphatic carbocycles. The van der Waals surface area contributed by atoms with Crippen molar-refractivity contribution in [3.63, 3.8) is 0 Å². The maximum absolute atomic E-state index is 11.9. The predicted molar refractivity (Wildman–Crippen MR) is 73.4 cm³/mol. The van der Waals surface area contributed by atoms with Crippen LogP contribution < -0.4 is 10.1 Å². The van der Waals surface area contributed by atoms with Gasteiger partial charge in [0.1, 0.15) is 5.75 Å². The molecule has 2 N–H and O–H groups in total. The summed E-state index contributed by atoms with van der Waals surface area (Å²) in [6.45, 7) is 3.83. The Morgan fingerprint density at radius 3 is 2.84 bits per heavy atom. The number of aromatic amines is 1. The van der Waals surface area contributed by atoms with Crippen LogP contribution >= 0.6 is 0 Å². The first-order valence-corrected chi connectivity index (χ1v) is 6.04. The number of carbonyl (C=O) groups is 1. The van der Waals surface area contributed by atoms with Crippen molar-refractivity contribution in [2.75, 3.05) is 12.4 Å². The van der Waals surface area contributed by atoms with E-state index in [1.54, 1.807) is 7.11 Å². The number of anilines is 1. The normalized spacial score (nSPS) is 10.3. The van der Waals surface area contributed by atoms with E-state index in [2.05, 4.69) is 15.5 Å². The fourth-order valence-corrected chi connectivity index (χ4v) is 1.75. The van der Waals surface area contributed by atoms with Crippen molar-refractivity contribution in [1.82, 2.24) is 10.2 Å². The largest absolute Gasteiger partial charge is 0.497 e. The van der Waals surface area contributed by atoms with Crippen LogP contribution in [0, 0.1) is 13.8 Å². The summed E-state index contributed by atoms with van der Waals surface area (Å²) in [4.78, 5) is 11.9. The molecular weight excluding hydrogens is 242 g/mol. The van der Waals surface area contributed by atoms with Crippen LogP contribution in [0.5, 0.6) is 5.75 Å². The molecule has 2 rings (SSSR count). The van der Waals surface area contributed by atoms with Crippen molar-refractivity contribution in [2.24, 2.45) is 0 Å². The summed E-state index contributed by atoms with van der Waals surface area (Å²) in [7, 11) is 1.61. The molecule has 1 aromatic carbocycles. The van der Waals surface area contributed by atoms with Gasteiger partial charge in [-0.2, -0.15) is 5.10 Å². The van der Waals surface area contributed by atoms with Gasteiger partial charge in [0.05, 0.1) is 13.5 Å². The standard InChI is InChI=1S/C14H17N3O2/c1-9-10(2)16-17-14(9)15-13(18)8-11-5-4-6-12(7-11)19-3/h4-7H,8H2,1-3H3,(H2,15,16,17,18). The second kappa shape index (κ2) is 5.56. The van der Waals surface area contributed by atoms with Gasteiger partial charge in [-0.05, 0) is 31.5 Å². The maximum Gasteiger partial charge on any atom is 0.230 e. The van der Waals surface area contributed by atoms with Crippen LogP contribution in [0.2, 0.25) is 0 Å². The highest BCUT2D eigenvalue weighted by molar-refractivity contribution is 5.92. The van der Waals surface area contributed by atoms with E-state index in [1.165, 1.54) is 0 Å². The van der Waals surface area contributed by atoms with Crippen molar-refractivity contribution in [2.45, 2.75) is 20.3 Å². The highest BCUT2D eigenvalue weighted by Crippen LogP contribution is 2.16. The molecule has 0 saturated heterocycles. The van der Waals surface area contributed by atoms with Gasteiger partial charge in [0, 0.05) is 11.3 Å². The Morgan fingerprint density at radius 2 is 2.21 bits per heavy atom. The summed E-state index contributed by atoms with van der Waals surface area (Å²) in [5, 5.41) is 9.68. The van der Waals surface area contributed by atoms with E-state index in [0.29, 0.717) is 12.2 Å². The van der Waals surface area contributed by atoms with Crippen molar-refractivity contribution in [1.29, 1.82) is 0 Å². The van der Waals surface area contributed by atoms with Crippen molar-refractivity contribution < 1.29 is 9.53 Å². The van der Waals surface area contributed by atoms with Gasteiger partial charge in [-0.25, -0.2) is 0 Å². The van der Waals surface area contributed by atoms with E-state index in [-0.39, 0.29) is 5.91 Å². The number of nitrogens with zero attached hydrogens (tertiary/aromatic N) is 1. The minimum absolute atomic E-state index is 0.0946. The molecule has 2 aromatic rings. The lowest BCUT2D eigenvalue weighted by Gasteiger charge is -2.05. The minimum atomic E-state index is -0.0946. The van der Waals surface area contributed by atoms with Crippen LogP contribution in [0.3, 0.4) is 0 Å². The summed E-state index contributed by atoms with van der Waals surface area (Å²) in [6.07, 6.45) is 0.294. The van der Waals surface area contributed by atoms with Gasteiger partial charge in [-0.15, -0.1) is 0 Å². The topological polar surface area (TPSA) is 67.0 Å². The third-order valence-corrected chi connectivity index (χ3v) is 3.01. The average molecular weight is 259 g/mol. The molecule has 0 saturated carbocycles. The molecule has 0 atom stereocenters. The number of carbonyl (C=O) groups excluding carboxylic acids is 1. The van der Waals surface area contributed by atoms with Gasteiger partial charge in [-0.1, -0.05) is 12.1 Å². The Balaban J connectivity index is 2.03. The van der Waals surface area contributed by atoms with Gasteiger partial charge < -0.3 is 10.1 Å². The molecule has 100 valence electrons. The number of hydrogen-bond donors (Lipinski definition) is 2. The number of nitrogens with one attached hydrogen (secondary N) is 2. The monoisotopic (exact) mass is 259 g/mol. The fraction of sp³-hybridized carbons (Fsp3) is 0.286. The zero-order valence-electron chi connectivity index (χ0n) is 11.3. The Hall–Kier alpha value is -2.30. The summed E-state index contributed by atoms with van der Waals surface area (Å²) in [6, 6.07) is 7.46. The highest BCUT2D eigenvalue weighted by atomic mass is 16.5. The molecule has 0 radical (unpaired) electrons. The van der Waals surface area contributed by atoms with Crippen molar-refractivity contribution >= 4 is 11.7 Å². The molecule has 19 heavy (non-hydrogen) atoms. The number of benzene rings is 1. The van der Waals surface area contributed by atoms with Gasteiger partial charge >= 0.3 is 0 Å². The Morgan fingerprint density at radius 1 is 1.42 bits per heavy atom. The Bertz CT molecular complexity index is 590. The number of H-pyrrole nitrogens is 1. The molecule has 1 amide bonds.